The summed E-state index contributed by atoms with van der Waals surface area (Å²) < 4.78 is 0. The number of piperidine rings is 1. The second-order valence-electron chi connectivity index (χ2n) is 8.34. The maximum atomic E-state index is 13.2. The van der Waals surface area contributed by atoms with E-state index >= 15 is 0 Å². The zero-order valence-electron chi connectivity index (χ0n) is 17.5. The van der Waals surface area contributed by atoms with Gasteiger partial charge in [0.25, 0.3) is 5.91 Å². The molecule has 5 rings (SSSR count). The molecule has 0 aliphatic carbocycles. The molecular weight excluding hydrogens is 400 g/mol. The molecule has 31 heavy (non-hydrogen) atoms. The van der Waals surface area contributed by atoms with E-state index in [2.05, 4.69) is 60.4 Å². The smallest absolute Gasteiger partial charge is 0.253 e. The summed E-state index contributed by atoms with van der Waals surface area (Å²) in [4.78, 5) is 17.5. The summed E-state index contributed by atoms with van der Waals surface area (Å²) >= 11 is 1.72. The van der Waals surface area contributed by atoms with E-state index in [9.17, 15) is 4.79 Å². The van der Waals surface area contributed by atoms with Crippen molar-refractivity contribution in [3.05, 3.63) is 96.1 Å². The lowest BCUT2D eigenvalue weighted by atomic mass is 9.90. The fourth-order valence-corrected chi connectivity index (χ4v) is 5.51. The monoisotopic (exact) mass is 426 g/mol. The maximum absolute atomic E-state index is 13.2. The largest absolute Gasteiger partial charge is 0.355 e. The lowest BCUT2D eigenvalue weighted by Gasteiger charge is -2.32. The van der Waals surface area contributed by atoms with Crippen molar-refractivity contribution in [2.24, 2.45) is 5.92 Å². The lowest BCUT2D eigenvalue weighted by molar-refractivity contribution is 0.0690. The highest BCUT2D eigenvalue weighted by molar-refractivity contribution is 7.99. The molecule has 3 aromatic rings. The third-order valence-corrected chi connectivity index (χ3v) is 7.36. The second kappa shape index (κ2) is 8.64. The van der Waals surface area contributed by atoms with Crippen LogP contribution in [0.2, 0.25) is 0 Å². The number of likely N-dealkylation sites (tertiary alicyclic amines) is 1. The molecule has 2 aliphatic heterocycles. The molecule has 1 N–H and O–H groups in total. The van der Waals surface area contributed by atoms with E-state index in [1.54, 1.807) is 11.8 Å². The Morgan fingerprint density at radius 2 is 1.71 bits per heavy atom. The minimum absolute atomic E-state index is 0.125. The summed E-state index contributed by atoms with van der Waals surface area (Å²) in [7, 11) is 0. The molecule has 3 nitrogen and oxygen atoms in total. The first-order chi connectivity index (χ1) is 15.2. The number of rotatable bonds is 3. The SMILES string of the molecule is C=C1Nc2cc(C(=O)N3CCC(Cc4ccccc4)CC3)ccc2Sc2ccccc21. The first-order valence-corrected chi connectivity index (χ1v) is 11.7. The van der Waals surface area contributed by atoms with Crippen LogP contribution in [0.4, 0.5) is 5.69 Å². The first kappa shape index (κ1) is 20.0. The van der Waals surface area contributed by atoms with Gasteiger partial charge in [-0.05, 0) is 55.0 Å². The number of fused-ring (bicyclic) bond motifs is 2. The van der Waals surface area contributed by atoms with Gasteiger partial charge in [-0.3, -0.25) is 4.79 Å². The molecule has 0 bridgehead atoms. The van der Waals surface area contributed by atoms with E-state index in [4.69, 9.17) is 0 Å². The second-order valence-corrected chi connectivity index (χ2v) is 9.42. The average Bonchev–Trinajstić information content (AvgIpc) is 2.95. The van der Waals surface area contributed by atoms with E-state index < -0.39 is 0 Å². The Hall–Kier alpha value is -2.98. The summed E-state index contributed by atoms with van der Waals surface area (Å²) in [5.41, 5.74) is 5.07. The van der Waals surface area contributed by atoms with Gasteiger partial charge >= 0.3 is 0 Å². The summed E-state index contributed by atoms with van der Waals surface area (Å²) in [6, 6.07) is 24.9. The molecule has 0 unspecified atom stereocenters. The molecule has 0 saturated carbocycles. The minimum Gasteiger partial charge on any atom is -0.355 e. The summed E-state index contributed by atoms with van der Waals surface area (Å²) in [5, 5.41) is 3.43. The van der Waals surface area contributed by atoms with Gasteiger partial charge in [-0.2, -0.15) is 0 Å². The molecule has 4 heteroatoms. The van der Waals surface area contributed by atoms with Gasteiger partial charge in [0.05, 0.1) is 5.69 Å². The number of anilines is 1. The van der Waals surface area contributed by atoms with E-state index in [1.807, 2.05) is 29.2 Å². The number of hydrogen-bond donors (Lipinski definition) is 1. The molecule has 1 saturated heterocycles. The molecule has 0 spiro atoms. The van der Waals surface area contributed by atoms with Gasteiger partial charge in [0.1, 0.15) is 0 Å². The van der Waals surface area contributed by atoms with Gasteiger partial charge in [-0.25, -0.2) is 0 Å². The quantitative estimate of drug-likeness (QED) is 0.531. The Morgan fingerprint density at radius 3 is 2.52 bits per heavy atom. The topological polar surface area (TPSA) is 32.3 Å². The van der Waals surface area contributed by atoms with Crippen LogP contribution in [0.1, 0.15) is 34.3 Å². The van der Waals surface area contributed by atoms with Crippen molar-refractivity contribution in [2.75, 3.05) is 18.4 Å². The van der Waals surface area contributed by atoms with E-state index in [0.717, 1.165) is 59.8 Å². The van der Waals surface area contributed by atoms with Gasteiger partial charge in [-0.15, -0.1) is 0 Å². The Kier molecular flexibility index (Phi) is 5.56. The molecule has 1 amide bonds. The zero-order chi connectivity index (χ0) is 21.2. The maximum Gasteiger partial charge on any atom is 0.253 e. The van der Waals surface area contributed by atoms with Crippen molar-refractivity contribution in [3.8, 4) is 0 Å². The fourth-order valence-electron chi connectivity index (χ4n) is 4.47. The number of nitrogens with one attached hydrogen (secondary N) is 1. The van der Waals surface area contributed by atoms with Gasteiger partial charge < -0.3 is 10.2 Å². The van der Waals surface area contributed by atoms with Crippen LogP contribution < -0.4 is 5.32 Å². The van der Waals surface area contributed by atoms with E-state index in [-0.39, 0.29) is 5.91 Å². The fraction of sp³-hybridized carbons (Fsp3) is 0.222. The van der Waals surface area contributed by atoms with Crippen molar-refractivity contribution < 1.29 is 4.79 Å². The van der Waals surface area contributed by atoms with Crippen molar-refractivity contribution in [3.63, 3.8) is 0 Å². The van der Waals surface area contributed by atoms with Crippen molar-refractivity contribution in [2.45, 2.75) is 29.1 Å². The number of carbonyl (C=O) groups excluding carboxylic acids is 1. The van der Waals surface area contributed by atoms with E-state index in [0.29, 0.717) is 5.92 Å². The Morgan fingerprint density at radius 1 is 0.968 bits per heavy atom. The van der Waals surface area contributed by atoms with Crippen LogP contribution in [0.25, 0.3) is 5.70 Å². The molecule has 0 atom stereocenters. The Balaban J connectivity index is 1.27. The van der Waals surface area contributed by atoms with Gasteiger partial charge in [0.15, 0.2) is 0 Å². The van der Waals surface area contributed by atoms with Crippen molar-refractivity contribution in [1.29, 1.82) is 0 Å². The number of nitrogens with zero attached hydrogens (tertiary/aromatic N) is 1. The Bertz CT molecular complexity index is 1120. The number of amides is 1. The highest BCUT2D eigenvalue weighted by Gasteiger charge is 2.25. The average molecular weight is 427 g/mol. The molecule has 3 aromatic carbocycles. The standard InChI is InChI=1S/C27H26N2OS/c1-19-23-9-5-6-10-25(23)31-26-12-11-22(18-24(26)28-19)27(30)29-15-13-21(14-16-29)17-20-7-3-2-4-8-20/h2-12,18,21,28H,1,13-17H2. The van der Waals surface area contributed by atoms with Crippen molar-refractivity contribution in [1.82, 2.24) is 4.90 Å². The van der Waals surface area contributed by atoms with Gasteiger partial charge in [-0.1, -0.05) is 66.9 Å². The summed E-state index contributed by atoms with van der Waals surface area (Å²) in [6.45, 7) is 5.86. The van der Waals surface area contributed by atoms with E-state index in [1.165, 1.54) is 10.5 Å². The number of hydrogen-bond acceptors (Lipinski definition) is 3. The third-order valence-electron chi connectivity index (χ3n) is 6.21. The van der Waals surface area contributed by atoms with Crippen LogP contribution >= 0.6 is 11.8 Å². The number of carbonyl (C=O) groups is 1. The molecular formula is C27H26N2OS. The molecule has 0 radical (unpaired) electrons. The highest BCUT2D eigenvalue weighted by Crippen LogP contribution is 2.42. The van der Waals surface area contributed by atoms with Crippen LogP contribution in [0.3, 0.4) is 0 Å². The van der Waals surface area contributed by atoms with Crippen LogP contribution in [0.15, 0.2) is 89.2 Å². The minimum atomic E-state index is 0.125. The molecule has 2 aliphatic rings. The third kappa shape index (κ3) is 4.26. The zero-order valence-corrected chi connectivity index (χ0v) is 18.3. The molecule has 0 aromatic heterocycles. The molecule has 156 valence electrons. The van der Waals surface area contributed by atoms with Crippen LogP contribution in [0, 0.1) is 5.92 Å². The normalized spacial score (nSPS) is 16.1. The number of benzene rings is 3. The predicted octanol–water partition coefficient (Wildman–Crippen LogP) is 6.33. The summed E-state index contributed by atoms with van der Waals surface area (Å²) in [6.07, 6.45) is 3.23. The summed E-state index contributed by atoms with van der Waals surface area (Å²) in [5.74, 6) is 0.776. The molecule has 2 heterocycles. The van der Waals surface area contributed by atoms with Crippen LogP contribution in [-0.4, -0.2) is 23.9 Å². The van der Waals surface area contributed by atoms with Crippen LogP contribution in [-0.2, 0) is 6.42 Å². The van der Waals surface area contributed by atoms with Crippen molar-refractivity contribution >= 4 is 29.1 Å². The van der Waals surface area contributed by atoms with Gasteiger partial charge in [0, 0.05) is 39.7 Å². The predicted molar refractivity (Wildman–Crippen MR) is 128 cm³/mol. The highest BCUT2D eigenvalue weighted by atomic mass is 32.2. The Labute approximate surface area is 188 Å². The molecule has 1 fully saturated rings. The lowest BCUT2D eigenvalue weighted by Crippen LogP contribution is -2.38. The van der Waals surface area contributed by atoms with Gasteiger partial charge in [0.2, 0.25) is 0 Å². The first-order valence-electron chi connectivity index (χ1n) is 10.9. The van der Waals surface area contributed by atoms with Crippen LogP contribution in [0.5, 0.6) is 0 Å².